The van der Waals surface area contributed by atoms with Crippen molar-refractivity contribution in [3.8, 4) is 17.6 Å². The van der Waals surface area contributed by atoms with Gasteiger partial charge in [0.25, 0.3) is 0 Å². The number of benzene rings is 1. The quantitative estimate of drug-likeness (QED) is 0.235. The Labute approximate surface area is 196 Å². The van der Waals surface area contributed by atoms with Gasteiger partial charge in [-0.2, -0.15) is 0 Å². The number of rotatable bonds is 8. The number of hydrogen-bond donors (Lipinski definition) is 0. The van der Waals surface area contributed by atoms with E-state index in [0.29, 0.717) is 11.7 Å². The fraction of sp³-hybridized carbons (Fsp3) is 0.633. The standard InChI is InChI=1S/C30H42O2/c1-3-5-9-25-12-14-26(15-13-25)10-6-7-11-27-18-22-29(23-19-27)32-30(31)28-20-16-24(8-4-2)17-21-28/h6,10,18-19,22-26,28H,3-5,8-9,12-17,20-21H2,1-2H3/t24-,25-,26-,28-. The molecule has 0 radical (unpaired) electrons. The molecule has 2 aliphatic carbocycles. The highest BCUT2D eigenvalue weighted by Gasteiger charge is 2.27. The van der Waals surface area contributed by atoms with Gasteiger partial charge >= 0.3 is 5.97 Å². The van der Waals surface area contributed by atoms with E-state index in [9.17, 15) is 4.79 Å². The molecule has 2 fully saturated rings. The molecule has 0 bridgehead atoms. The van der Waals surface area contributed by atoms with Crippen molar-refractivity contribution in [1.29, 1.82) is 0 Å². The van der Waals surface area contributed by atoms with Crippen molar-refractivity contribution in [2.75, 3.05) is 0 Å². The van der Waals surface area contributed by atoms with E-state index in [1.165, 1.54) is 57.8 Å². The number of allylic oxidation sites excluding steroid dienone is 2. The summed E-state index contributed by atoms with van der Waals surface area (Å²) in [5.74, 6) is 9.47. The molecule has 0 saturated heterocycles. The van der Waals surface area contributed by atoms with Gasteiger partial charge in [-0.15, -0.1) is 0 Å². The van der Waals surface area contributed by atoms with Gasteiger partial charge in [-0.3, -0.25) is 4.79 Å². The first kappa shape index (κ1) is 24.6. The monoisotopic (exact) mass is 434 g/mol. The summed E-state index contributed by atoms with van der Waals surface area (Å²) in [7, 11) is 0. The third kappa shape index (κ3) is 8.16. The first-order chi connectivity index (χ1) is 15.7. The highest BCUT2D eigenvalue weighted by molar-refractivity contribution is 5.75. The molecule has 2 saturated carbocycles. The predicted octanol–water partition coefficient (Wildman–Crippen LogP) is 8.10. The maximum absolute atomic E-state index is 12.5. The number of unbranched alkanes of at least 4 members (excludes halogenated alkanes) is 1. The van der Waals surface area contributed by atoms with Crippen LogP contribution in [0.25, 0.3) is 0 Å². The Bertz CT molecular complexity index is 763. The first-order valence-electron chi connectivity index (χ1n) is 13.2. The lowest BCUT2D eigenvalue weighted by molar-refractivity contribution is -0.140. The van der Waals surface area contributed by atoms with E-state index in [0.717, 1.165) is 43.1 Å². The normalized spacial score (nSPS) is 25.8. The van der Waals surface area contributed by atoms with Gasteiger partial charge in [0.2, 0.25) is 0 Å². The summed E-state index contributed by atoms with van der Waals surface area (Å²) in [5.41, 5.74) is 0.956. The Morgan fingerprint density at radius 2 is 1.56 bits per heavy atom. The molecular weight excluding hydrogens is 392 g/mol. The zero-order chi connectivity index (χ0) is 22.6. The molecule has 0 atom stereocenters. The second-order valence-corrected chi connectivity index (χ2v) is 10.0. The highest BCUT2D eigenvalue weighted by atomic mass is 16.5. The summed E-state index contributed by atoms with van der Waals surface area (Å²) in [4.78, 5) is 12.5. The number of carbonyl (C=O) groups is 1. The maximum atomic E-state index is 12.5. The molecule has 2 aliphatic rings. The Morgan fingerprint density at radius 1 is 0.906 bits per heavy atom. The molecule has 0 spiro atoms. The van der Waals surface area contributed by atoms with Crippen LogP contribution in [-0.2, 0) is 4.79 Å². The highest BCUT2D eigenvalue weighted by Crippen LogP contribution is 2.33. The van der Waals surface area contributed by atoms with Crippen LogP contribution in [0.3, 0.4) is 0 Å². The molecule has 0 unspecified atom stereocenters. The van der Waals surface area contributed by atoms with Crippen molar-refractivity contribution in [3.63, 3.8) is 0 Å². The molecule has 0 aliphatic heterocycles. The summed E-state index contributed by atoms with van der Waals surface area (Å²) in [6, 6.07) is 7.62. The van der Waals surface area contributed by atoms with E-state index >= 15 is 0 Å². The molecule has 3 rings (SSSR count). The zero-order valence-corrected chi connectivity index (χ0v) is 20.3. The van der Waals surface area contributed by atoms with Gasteiger partial charge in [0, 0.05) is 5.56 Å². The SMILES string of the molecule is CCCC[C@H]1CC[C@H](C=CC#Cc2ccc(OC(=O)[C@H]3CC[C@H](CCC)CC3)cc2)CC1. The van der Waals surface area contributed by atoms with Crippen molar-refractivity contribution >= 4 is 5.97 Å². The van der Waals surface area contributed by atoms with Crippen molar-refractivity contribution in [2.45, 2.75) is 97.3 Å². The van der Waals surface area contributed by atoms with E-state index < -0.39 is 0 Å². The summed E-state index contributed by atoms with van der Waals surface area (Å²) < 4.78 is 5.64. The smallest absolute Gasteiger partial charge is 0.314 e. The van der Waals surface area contributed by atoms with Crippen molar-refractivity contribution < 1.29 is 9.53 Å². The lowest BCUT2D eigenvalue weighted by Crippen LogP contribution is -2.25. The van der Waals surface area contributed by atoms with E-state index in [2.05, 4.69) is 31.8 Å². The van der Waals surface area contributed by atoms with Gasteiger partial charge in [0.05, 0.1) is 5.92 Å². The largest absolute Gasteiger partial charge is 0.426 e. The van der Waals surface area contributed by atoms with Gasteiger partial charge in [0.1, 0.15) is 5.75 Å². The van der Waals surface area contributed by atoms with Crippen LogP contribution in [0, 0.1) is 35.5 Å². The molecular formula is C30H42O2. The number of hydrogen-bond acceptors (Lipinski definition) is 2. The lowest BCUT2D eigenvalue weighted by Gasteiger charge is -2.26. The first-order valence-corrected chi connectivity index (χ1v) is 13.2. The fourth-order valence-corrected chi connectivity index (χ4v) is 5.37. The Balaban J connectivity index is 1.39. The van der Waals surface area contributed by atoms with Crippen LogP contribution in [0.4, 0.5) is 0 Å². The van der Waals surface area contributed by atoms with Gasteiger partial charge in [-0.25, -0.2) is 0 Å². The minimum absolute atomic E-state index is 0.0638. The molecule has 2 nitrogen and oxygen atoms in total. The van der Waals surface area contributed by atoms with Gasteiger partial charge < -0.3 is 4.74 Å². The summed E-state index contributed by atoms with van der Waals surface area (Å²) in [6.45, 7) is 4.53. The number of carbonyl (C=O) groups excluding carboxylic acids is 1. The van der Waals surface area contributed by atoms with E-state index in [-0.39, 0.29) is 11.9 Å². The fourth-order valence-electron chi connectivity index (χ4n) is 5.37. The lowest BCUT2D eigenvalue weighted by atomic mass is 9.80. The average molecular weight is 435 g/mol. The van der Waals surface area contributed by atoms with E-state index in [4.69, 9.17) is 4.74 Å². The molecule has 174 valence electrons. The molecule has 0 amide bonds. The Morgan fingerprint density at radius 3 is 2.22 bits per heavy atom. The minimum atomic E-state index is -0.0638. The topological polar surface area (TPSA) is 26.3 Å². The third-order valence-electron chi connectivity index (χ3n) is 7.48. The summed E-state index contributed by atoms with van der Waals surface area (Å²) in [5, 5.41) is 0. The number of esters is 1. The Hall–Kier alpha value is -2.01. The predicted molar refractivity (Wildman–Crippen MR) is 133 cm³/mol. The van der Waals surface area contributed by atoms with Crippen LogP contribution in [0.5, 0.6) is 5.75 Å². The van der Waals surface area contributed by atoms with Crippen LogP contribution >= 0.6 is 0 Å². The van der Waals surface area contributed by atoms with Crippen molar-refractivity contribution in [1.82, 2.24) is 0 Å². The molecule has 2 heteroatoms. The molecule has 1 aromatic carbocycles. The second-order valence-electron chi connectivity index (χ2n) is 10.0. The molecule has 0 heterocycles. The Kier molecular flexibility index (Phi) is 10.4. The zero-order valence-electron chi connectivity index (χ0n) is 20.3. The molecule has 1 aromatic rings. The molecule has 32 heavy (non-hydrogen) atoms. The van der Waals surface area contributed by atoms with Crippen molar-refractivity contribution in [3.05, 3.63) is 42.0 Å². The van der Waals surface area contributed by atoms with Crippen LogP contribution in [0.2, 0.25) is 0 Å². The van der Waals surface area contributed by atoms with Gasteiger partial charge in [0.15, 0.2) is 0 Å². The van der Waals surface area contributed by atoms with E-state index in [1.54, 1.807) is 0 Å². The minimum Gasteiger partial charge on any atom is -0.426 e. The van der Waals surface area contributed by atoms with Gasteiger partial charge in [-0.05, 0) is 99.5 Å². The summed E-state index contributed by atoms with van der Waals surface area (Å²) in [6.07, 6.45) is 20.6. The van der Waals surface area contributed by atoms with Crippen LogP contribution in [-0.4, -0.2) is 5.97 Å². The second kappa shape index (κ2) is 13.5. The molecule has 0 N–H and O–H groups in total. The third-order valence-corrected chi connectivity index (χ3v) is 7.48. The van der Waals surface area contributed by atoms with Gasteiger partial charge in [-0.1, -0.05) is 63.9 Å². The van der Waals surface area contributed by atoms with Crippen molar-refractivity contribution in [2.24, 2.45) is 23.7 Å². The van der Waals surface area contributed by atoms with Crippen LogP contribution in [0.1, 0.15) is 103 Å². The summed E-state index contributed by atoms with van der Waals surface area (Å²) >= 11 is 0. The van der Waals surface area contributed by atoms with Crippen LogP contribution < -0.4 is 4.74 Å². The number of ether oxygens (including phenoxy) is 1. The maximum Gasteiger partial charge on any atom is 0.314 e. The average Bonchev–Trinajstić information content (AvgIpc) is 2.83. The molecule has 0 aromatic heterocycles. The van der Waals surface area contributed by atoms with E-state index in [1.807, 2.05) is 30.3 Å². The van der Waals surface area contributed by atoms with Crippen LogP contribution in [0.15, 0.2) is 36.4 Å².